The van der Waals surface area contributed by atoms with Crippen molar-refractivity contribution in [2.45, 2.75) is 27.2 Å². The fourth-order valence-electron chi connectivity index (χ4n) is 2.04. The highest BCUT2D eigenvalue weighted by molar-refractivity contribution is 6.05. The highest BCUT2D eigenvalue weighted by atomic mass is 16.5. The van der Waals surface area contributed by atoms with Crippen molar-refractivity contribution in [1.29, 1.82) is 0 Å². The lowest BCUT2D eigenvalue weighted by molar-refractivity contribution is -0.124. The van der Waals surface area contributed by atoms with Crippen LogP contribution in [-0.4, -0.2) is 21.4 Å². The second-order valence-electron chi connectivity index (χ2n) is 4.56. The number of benzene rings is 1. The molecule has 1 amide bonds. The molecule has 0 fully saturated rings. The van der Waals surface area contributed by atoms with E-state index in [2.05, 4.69) is 10.3 Å². The van der Waals surface area contributed by atoms with Gasteiger partial charge < -0.3 is 15.3 Å². The number of aromatic nitrogens is 2. The molecule has 6 nitrogen and oxygen atoms in total. The largest absolute Gasteiger partial charge is 0.805 e. The Morgan fingerprint density at radius 3 is 2.74 bits per heavy atom. The SMILES string of the molecule is CC(=O)CC(=O)Nc1cc(C)c2c(ncn2[O-])c1C. The Morgan fingerprint density at radius 2 is 2.11 bits per heavy atom. The van der Waals surface area contributed by atoms with Gasteiger partial charge in [-0.05, 0) is 32.4 Å². The summed E-state index contributed by atoms with van der Waals surface area (Å²) in [4.78, 5) is 26.5. The van der Waals surface area contributed by atoms with Crippen LogP contribution in [0.5, 0.6) is 0 Å². The monoisotopic (exact) mass is 260 g/mol. The topological polar surface area (TPSA) is 87.0 Å². The molecule has 0 aliphatic rings. The first-order valence-corrected chi connectivity index (χ1v) is 5.84. The van der Waals surface area contributed by atoms with Gasteiger partial charge >= 0.3 is 0 Å². The Bertz CT molecular complexity index is 673. The van der Waals surface area contributed by atoms with E-state index in [-0.39, 0.29) is 18.1 Å². The van der Waals surface area contributed by atoms with Crippen LogP contribution in [0.4, 0.5) is 5.69 Å². The van der Waals surface area contributed by atoms with E-state index in [0.29, 0.717) is 27.0 Å². The van der Waals surface area contributed by atoms with Crippen LogP contribution in [-0.2, 0) is 9.59 Å². The number of nitrogens with one attached hydrogen (secondary N) is 1. The average molecular weight is 260 g/mol. The summed E-state index contributed by atoms with van der Waals surface area (Å²) in [7, 11) is 0. The minimum absolute atomic E-state index is 0.160. The lowest BCUT2D eigenvalue weighted by Crippen LogP contribution is -2.15. The number of Topliss-reactive ketones (excluding diaryl/α,β-unsaturated/α-hetero) is 1. The van der Waals surface area contributed by atoms with Gasteiger partial charge in [-0.1, -0.05) is 0 Å². The summed E-state index contributed by atoms with van der Waals surface area (Å²) in [5, 5.41) is 14.2. The number of carbonyl (C=O) groups is 2. The summed E-state index contributed by atoms with van der Waals surface area (Å²) >= 11 is 0. The van der Waals surface area contributed by atoms with Crippen molar-refractivity contribution in [3.63, 3.8) is 0 Å². The van der Waals surface area contributed by atoms with Crippen molar-refractivity contribution < 1.29 is 9.59 Å². The van der Waals surface area contributed by atoms with Crippen molar-refractivity contribution in [2.24, 2.45) is 0 Å². The van der Waals surface area contributed by atoms with E-state index in [0.717, 1.165) is 5.56 Å². The zero-order valence-corrected chi connectivity index (χ0v) is 11.0. The van der Waals surface area contributed by atoms with Crippen LogP contribution in [0.2, 0.25) is 0 Å². The van der Waals surface area contributed by atoms with Gasteiger partial charge in [0, 0.05) is 11.3 Å². The maximum atomic E-state index is 11.6. The number of aryl methyl sites for hydroxylation is 2. The molecule has 1 aromatic heterocycles. The van der Waals surface area contributed by atoms with Gasteiger partial charge in [0.2, 0.25) is 5.91 Å². The quantitative estimate of drug-likeness (QED) is 0.854. The van der Waals surface area contributed by atoms with E-state index < -0.39 is 0 Å². The summed E-state index contributed by atoms with van der Waals surface area (Å²) < 4.78 is 0.707. The Balaban J connectivity index is 2.42. The van der Waals surface area contributed by atoms with Crippen LogP contribution < -0.4 is 5.32 Å². The van der Waals surface area contributed by atoms with Crippen molar-refractivity contribution in [1.82, 2.24) is 9.71 Å². The minimum Gasteiger partial charge on any atom is -0.805 e. The van der Waals surface area contributed by atoms with E-state index in [1.807, 2.05) is 0 Å². The minimum atomic E-state index is -0.365. The second-order valence-corrected chi connectivity index (χ2v) is 4.56. The zero-order valence-electron chi connectivity index (χ0n) is 11.0. The summed E-state index contributed by atoms with van der Waals surface area (Å²) in [6.07, 6.45) is 1.04. The smallest absolute Gasteiger partial charge is 0.231 e. The lowest BCUT2D eigenvalue weighted by atomic mass is 10.1. The molecule has 100 valence electrons. The van der Waals surface area contributed by atoms with Crippen LogP contribution in [0.15, 0.2) is 12.4 Å². The van der Waals surface area contributed by atoms with Gasteiger partial charge in [0.05, 0.1) is 23.8 Å². The number of nitrogens with zero attached hydrogens (tertiary/aromatic N) is 2. The number of ketones is 1. The molecule has 0 radical (unpaired) electrons. The van der Waals surface area contributed by atoms with E-state index in [9.17, 15) is 14.8 Å². The molecule has 0 bridgehead atoms. The Morgan fingerprint density at radius 1 is 1.42 bits per heavy atom. The molecule has 0 atom stereocenters. The van der Waals surface area contributed by atoms with E-state index >= 15 is 0 Å². The molecule has 0 spiro atoms. The van der Waals surface area contributed by atoms with Crippen LogP contribution >= 0.6 is 0 Å². The molecule has 1 aromatic carbocycles. The molecule has 2 rings (SSSR count). The van der Waals surface area contributed by atoms with Gasteiger partial charge in [-0.25, -0.2) is 4.98 Å². The summed E-state index contributed by atoms with van der Waals surface area (Å²) in [5.41, 5.74) is 3.09. The molecule has 2 aromatic rings. The van der Waals surface area contributed by atoms with Gasteiger partial charge in [-0.3, -0.25) is 9.59 Å². The van der Waals surface area contributed by atoms with Crippen molar-refractivity contribution >= 4 is 28.4 Å². The molecule has 0 saturated carbocycles. The van der Waals surface area contributed by atoms with Crippen LogP contribution in [0, 0.1) is 19.1 Å². The Kier molecular flexibility index (Phi) is 3.25. The Hall–Kier alpha value is -2.37. The number of fused-ring (bicyclic) bond motifs is 1. The van der Waals surface area contributed by atoms with Gasteiger partial charge in [0.15, 0.2) is 0 Å². The number of rotatable bonds is 3. The maximum absolute atomic E-state index is 11.6. The maximum Gasteiger partial charge on any atom is 0.231 e. The standard InChI is InChI=1S/C13H14N3O3/c1-7-4-10(15-11(18)5-8(2)17)9(3)12-13(7)16(19)6-14-12/h4,6H,5H2,1-3H3,(H,15,18)/q-1. The molecule has 6 heteroatoms. The third-order valence-electron chi connectivity index (χ3n) is 2.91. The number of hydrogen-bond donors (Lipinski definition) is 1. The molecule has 1 N–H and O–H groups in total. The number of amides is 1. The fraction of sp³-hybridized carbons (Fsp3) is 0.308. The highest BCUT2D eigenvalue weighted by Crippen LogP contribution is 2.27. The zero-order chi connectivity index (χ0) is 14.2. The van der Waals surface area contributed by atoms with Crippen LogP contribution in [0.25, 0.3) is 11.0 Å². The molecular formula is C13H14N3O3-. The molecule has 19 heavy (non-hydrogen) atoms. The van der Waals surface area contributed by atoms with E-state index in [4.69, 9.17) is 0 Å². The number of anilines is 1. The van der Waals surface area contributed by atoms with Gasteiger partial charge in [-0.2, -0.15) is 0 Å². The number of imidazole rings is 1. The van der Waals surface area contributed by atoms with E-state index in [1.54, 1.807) is 19.9 Å². The molecule has 1 heterocycles. The molecule has 0 aliphatic carbocycles. The molecule has 0 saturated heterocycles. The first-order chi connectivity index (χ1) is 8.90. The Labute approximate surface area is 110 Å². The first-order valence-electron chi connectivity index (χ1n) is 5.84. The van der Waals surface area contributed by atoms with Crippen LogP contribution in [0.3, 0.4) is 0 Å². The predicted octanol–water partition coefficient (Wildman–Crippen LogP) is 1.92. The first kappa shape index (κ1) is 13.1. The summed E-state index contributed by atoms with van der Waals surface area (Å²) in [5.74, 6) is -0.562. The van der Waals surface area contributed by atoms with Gasteiger partial charge in [0.25, 0.3) is 0 Å². The van der Waals surface area contributed by atoms with Crippen LogP contribution in [0.1, 0.15) is 24.5 Å². The highest BCUT2D eigenvalue weighted by Gasteiger charge is 2.13. The molecule has 0 unspecified atom stereocenters. The summed E-state index contributed by atoms with van der Waals surface area (Å²) in [6.45, 7) is 4.91. The van der Waals surface area contributed by atoms with Crippen molar-refractivity contribution in [3.8, 4) is 0 Å². The lowest BCUT2D eigenvalue weighted by Gasteiger charge is -2.13. The predicted molar refractivity (Wildman–Crippen MR) is 71.9 cm³/mol. The number of carbonyl (C=O) groups excluding carboxylic acids is 2. The normalized spacial score (nSPS) is 10.7. The summed E-state index contributed by atoms with van der Waals surface area (Å²) in [6, 6.07) is 1.71. The third-order valence-corrected chi connectivity index (χ3v) is 2.91. The molecular weight excluding hydrogens is 246 g/mol. The van der Waals surface area contributed by atoms with Gasteiger partial charge in [0.1, 0.15) is 5.78 Å². The average Bonchev–Trinajstić information content (AvgIpc) is 2.67. The fourth-order valence-corrected chi connectivity index (χ4v) is 2.04. The third kappa shape index (κ3) is 2.42. The second kappa shape index (κ2) is 4.72. The van der Waals surface area contributed by atoms with Crippen molar-refractivity contribution in [2.75, 3.05) is 5.32 Å². The van der Waals surface area contributed by atoms with E-state index in [1.165, 1.54) is 13.3 Å². The van der Waals surface area contributed by atoms with Crippen molar-refractivity contribution in [3.05, 3.63) is 28.7 Å². The van der Waals surface area contributed by atoms with Gasteiger partial charge in [-0.15, -0.1) is 0 Å². The molecule has 0 aliphatic heterocycles. The number of hydrogen-bond acceptors (Lipinski definition) is 4.